The number of phenolic OH excluding ortho intramolecular Hbond substituents is 1. The first-order valence-corrected chi connectivity index (χ1v) is 17.1. The van der Waals surface area contributed by atoms with E-state index in [0.29, 0.717) is 44.8 Å². The number of carbonyl (C=O) groups is 3. The Morgan fingerprint density at radius 1 is 1.11 bits per heavy atom. The fraction of sp³-hybridized carbons (Fsp3) is 0.694. The summed E-state index contributed by atoms with van der Waals surface area (Å²) in [6.45, 7) is 6.95. The van der Waals surface area contributed by atoms with Gasteiger partial charge in [0.25, 0.3) is 0 Å². The van der Waals surface area contributed by atoms with Gasteiger partial charge in [0.2, 0.25) is 11.7 Å². The van der Waals surface area contributed by atoms with Crippen LogP contribution in [0.5, 0.6) is 5.75 Å². The smallest absolute Gasteiger partial charge is 0.306 e. The predicted octanol–water partition coefficient (Wildman–Crippen LogP) is 4.33. The van der Waals surface area contributed by atoms with Crippen LogP contribution in [-0.2, 0) is 44.5 Å². The number of benzene rings is 1. The summed E-state index contributed by atoms with van der Waals surface area (Å²) < 4.78 is 32.3. The molecule has 3 aliphatic heterocycles. The van der Waals surface area contributed by atoms with Crippen LogP contribution in [0.1, 0.15) is 77.7 Å². The second-order valence-electron chi connectivity index (χ2n) is 15.4. The van der Waals surface area contributed by atoms with Gasteiger partial charge in [-0.3, -0.25) is 14.4 Å². The lowest BCUT2D eigenvalue weighted by atomic mass is 9.46. The number of nitrogens with one attached hydrogen (secondary N) is 1. The number of rotatable bonds is 7. The predicted molar refractivity (Wildman–Crippen MR) is 163 cm³/mol. The molecule has 248 valence electrons. The van der Waals surface area contributed by atoms with Crippen molar-refractivity contribution in [2.24, 2.45) is 34.5 Å². The van der Waals surface area contributed by atoms with Crippen molar-refractivity contribution in [3.8, 4) is 5.75 Å². The second-order valence-corrected chi connectivity index (χ2v) is 15.4. The van der Waals surface area contributed by atoms with Crippen molar-refractivity contribution in [3.05, 3.63) is 41.5 Å². The van der Waals surface area contributed by atoms with Crippen molar-refractivity contribution < 1.29 is 43.2 Å². The molecule has 4 unspecified atom stereocenters. The highest BCUT2D eigenvalue weighted by Gasteiger charge is 2.80. The van der Waals surface area contributed by atoms with Crippen molar-refractivity contribution in [2.75, 3.05) is 13.2 Å². The number of aromatic hydroxyl groups is 1. The molecule has 2 bridgehead atoms. The highest BCUT2D eigenvalue weighted by molar-refractivity contribution is 5.92. The minimum Gasteiger partial charge on any atom is -0.508 e. The van der Waals surface area contributed by atoms with Crippen LogP contribution >= 0.6 is 0 Å². The summed E-state index contributed by atoms with van der Waals surface area (Å²) in [6, 6.07) is 6.87. The topological polar surface area (TPSA) is 130 Å². The van der Waals surface area contributed by atoms with Crippen molar-refractivity contribution in [2.45, 2.75) is 109 Å². The maximum Gasteiger partial charge on any atom is 0.306 e. The molecule has 10 atom stereocenters. The van der Waals surface area contributed by atoms with Crippen LogP contribution in [-0.4, -0.2) is 66.0 Å². The number of hydrogen-bond donors (Lipinski definition) is 2. The maximum absolute atomic E-state index is 13.3. The molecule has 0 radical (unpaired) electrons. The van der Waals surface area contributed by atoms with E-state index in [-0.39, 0.29) is 71.3 Å². The van der Waals surface area contributed by atoms with E-state index in [2.05, 4.69) is 12.2 Å². The number of hydrogen-bond acceptors (Lipinski definition) is 9. The molecular formula is C36H45NO9. The maximum atomic E-state index is 13.3. The lowest BCUT2D eigenvalue weighted by Crippen LogP contribution is -2.58. The highest BCUT2D eigenvalue weighted by Crippen LogP contribution is 2.76. The quantitative estimate of drug-likeness (QED) is 0.421. The Morgan fingerprint density at radius 3 is 2.67 bits per heavy atom. The monoisotopic (exact) mass is 635 g/mol. The number of carbonyl (C=O) groups excluding carboxylic acids is 3. The minimum absolute atomic E-state index is 0.00283. The van der Waals surface area contributed by atoms with E-state index in [0.717, 1.165) is 30.4 Å². The van der Waals surface area contributed by atoms with Gasteiger partial charge in [-0.25, -0.2) is 0 Å². The summed E-state index contributed by atoms with van der Waals surface area (Å²) in [5, 5.41) is 12.3. The van der Waals surface area contributed by atoms with Crippen molar-refractivity contribution in [1.82, 2.24) is 5.32 Å². The fourth-order valence-corrected chi connectivity index (χ4v) is 10.9. The van der Waals surface area contributed by atoms with E-state index in [1.807, 2.05) is 26.0 Å². The molecule has 10 heteroatoms. The van der Waals surface area contributed by atoms with Gasteiger partial charge in [0.05, 0.1) is 12.5 Å². The summed E-state index contributed by atoms with van der Waals surface area (Å²) in [5.41, 5.74) is 1.42. The molecule has 3 heterocycles. The van der Waals surface area contributed by atoms with Gasteiger partial charge in [-0.2, -0.15) is 0 Å². The molecule has 7 aliphatic rings. The summed E-state index contributed by atoms with van der Waals surface area (Å²) in [4.78, 5) is 38.6. The summed E-state index contributed by atoms with van der Waals surface area (Å²) in [7, 11) is 0. The molecule has 6 fully saturated rings. The molecule has 3 saturated carbocycles. The lowest BCUT2D eigenvalue weighted by molar-refractivity contribution is -0.293. The van der Waals surface area contributed by atoms with E-state index in [9.17, 15) is 19.5 Å². The SMILES string of the molecule is CC1(C)OC[C@@]2(O[C@H]3OC4C[C@]35C(CC[C@H]25)C2C[C@H](OC(=O)CCC(=O)NCCc3ccc(O)cc3)C3=CC(=O)CC[C@]3(C)C42)O1. The molecule has 2 spiro atoms. The Labute approximate surface area is 269 Å². The molecule has 1 amide bonds. The van der Waals surface area contributed by atoms with E-state index >= 15 is 0 Å². The zero-order valence-corrected chi connectivity index (χ0v) is 26.9. The number of fused-ring (bicyclic) bond motifs is 7. The van der Waals surface area contributed by atoms with E-state index < -0.39 is 23.6 Å². The normalized spacial score (nSPS) is 42.7. The first-order valence-electron chi connectivity index (χ1n) is 17.1. The van der Waals surface area contributed by atoms with Gasteiger partial charge < -0.3 is 34.1 Å². The summed E-state index contributed by atoms with van der Waals surface area (Å²) in [5.74, 6) is -0.902. The number of phenols is 1. The van der Waals surface area contributed by atoms with Crippen LogP contribution in [0, 0.1) is 34.5 Å². The number of ether oxygens (including phenoxy) is 5. The molecule has 1 aromatic carbocycles. The van der Waals surface area contributed by atoms with Gasteiger partial charge >= 0.3 is 5.97 Å². The molecule has 3 saturated heterocycles. The lowest BCUT2D eigenvalue weighted by Gasteiger charge is -2.58. The zero-order valence-electron chi connectivity index (χ0n) is 26.9. The van der Waals surface area contributed by atoms with Crippen LogP contribution in [0.25, 0.3) is 0 Å². The molecule has 4 aliphatic carbocycles. The Balaban J connectivity index is 0.973. The Morgan fingerprint density at radius 2 is 1.91 bits per heavy atom. The molecule has 10 nitrogen and oxygen atoms in total. The van der Waals surface area contributed by atoms with Crippen LogP contribution in [0.4, 0.5) is 0 Å². The molecule has 2 N–H and O–H groups in total. The molecule has 46 heavy (non-hydrogen) atoms. The van der Waals surface area contributed by atoms with Gasteiger partial charge in [0.15, 0.2) is 17.9 Å². The largest absolute Gasteiger partial charge is 0.508 e. The van der Waals surface area contributed by atoms with Crippen molar-refractivity contribution in [3.63, 3.8) is 0 Å². The molecular weight excluding hydrogens is 590 g/mol. The third-order valence-electron chi connectivity index (χ3n) is 12.6. The average molecular weight is 636 g/mol. The molecule has 8 rings (SSSR count). The van der Waals surface area contributed by atoms with Gasteiger partial charge in [-0.05, 0) is 105 Å². The second kappa shape index (κ2) is 10.6. The van der Waals surface area contributed by atoms with Crippen LogP contribution in [0.3, 0.4) is 0 Å². The van der Waals surface area contributed by atoms with Gasteiger partial charge in [-0.1, -0.05) is 19.1 Å². The fourth-order valence-electron chi connectivity index (χ4n) is 10.9. The Bertz CT molecular complexity index is 1470. The Hall–Kier alpha value is -2.79. The number of ketones is 1. The average Bonchev–Trinajstić information content (AvgIpc) is 3.70. The van der Waals surface area contributed by atoms with Crippen molar-refractivity contribution in [1.29, 1.82) is 0 Å². The van der Waals surface area contributed by atoms with Crippen LogP contribution < -0.4 is 5.32 Å². The Kier molecular flexibility index (Phi) is 7.04. The van der Waals surface area contributed by atoms with Crippen molar-refractivity contribution >= 4 is 17.7 Å². The first kappa shape index (κ1) is 30.5. The van der Waals surface area contributed by atoms with E-state index in [1.54, 1.807) is 18.2 Å². The van der Waals surface area contributed by atoms with Gasteiger partial charge in [-0.15, -0.1) is 0 Å². The van der Waals surface area contributed by atoms with Crippen LogP contribution in [0.15, 0.2) is 35.9 Å². The highest BCUT2D eigenvalue weighted by atomic mass is 16.9. The van der Waals surface area contributed by atoms with E-state index in [4.69, 9.17) is 23.7 Å². The zero-order chi connectivity index (χ0) is 32.1. The first-order chi connectivity index (χ1) is 21.9. The van der Waals surface area contributed by atoms with Gasteiger partial charge in [0.1, 0.15) is 18.5 Å². The summed E-state index contributed by atoms with van der Waals surface area (Å²) in [6.07, 6.45) is 6.27. The van der Waals surface area contributed by atoms with Gasteiger partial charge in [0, 0.05) is 30.7 Å². The number of esters is 1. The standard InChI is InChI=1S/C36H45NO9/c1-33(2)42-19-36(46-33)28-9-8-24-23-17-26(43-30(41)11-10-29(40)37-15-13-20-4-6-21(38)7-5-20)25-16-22(39)12-14-34(25,3)31(23)27-18-35(24,28)32(44-27)45-36/h4-7,16,23-24,26-28,31-32,38H,8-15,17-19H2,1-3H3,(H,37,40)/t23?,24?,26-,27?,28-,31?,32+,34-,35+,36+/m0/s1. The minimum atomic E-state index is -0.794. The molecule has 0 aromatic heterocycles. The number of amides is 1. The van der Waals surface area contributed by atoms with E-state index in [1.165, 1.54) is 0 Å². The summed E-state index contributed by atoms with van der Waals surface area (Å²) >= 11 is 0. The van der Waals surface area contributed by atoms with Crippen LogP contribution in [0.2, 0.25) is 0 Å². The third-order valence-corrected chi connectivity index (χ3v) is 12.6. The third kappa shape index (κ3) is 4.61. The molecule has 1 aromatic rings.